The fourth-order valence-electron chi connectivity index (χ4n) is 1.92. The topological polar surface area (TPSA) is 75.5 Å². The van der Waals surface area contributed by atoms with Gasteiger partial charge in [-0.15, -0.1) is 0 Å². The molecular formula is C16H10F2N2O3. The number of hydrogen-bond donors (Lipinski definition) is 2. The number of halogens is 2. The van der Waals surface area contributed by atoms with E-state index in [0.29, 0.717) is 0 Å². The molecule has 1 aromatic heterocycles. The van der Waals surface area contributed by atoms with Gasteiger partial charge in [-0.05, 0) is 30.3 Å². The minimum Gasteiger partial charge on any atom is -0.505 e. The number of phenols is 2. The highest BCUT2D eigenvalue weighted by molar-refractivity contribution is 5.62. The summed E-state index contributed by atoms with van der Waals surface area (Å²) >= 11 is 0. The summed E-state index contributed by atoms with van der Waals surface area (Å²) in [7, 11) is 0. The van der Waals surface area contributed by atoms with Crippen LogP contribution in [0, 0.1) is 11.6 Å². The van der Waals surface area contributed by atoms with Crippen molar-refractivity contribution < 1.29 is 23.7 Å². The van der Waals surface area contributed by atoms with E-state index in [0.717, 1.165) is 12.1 Å². The lowest BCUT2D eigenvalue weighted by Crippen LogP contribution is -1.95. The molecule has 0 saturated heterocycles. The Bertz CT molecular complexity index is 872. The van der Waals surface area contributed by atoms with Gasteiger partial charge in [-0.2, -0.15) is 4.98 Å². The van der Waals surface area contributed by atoms with E-state index in [-0.39, 0.29) is 23.0 Å². The van der Waals surface area contributed by atoms with E-state index in [1.165, 1.54) is 36.5 Å². The van der Waals surface area contributed by atoms with E-state index in [4.69, 9.17) is 4.74 Å². The van der Waals surface area contributed by atoms with E-state index in [1.54, 1.807) is 0 Å². The highest BCUT2D eigenvalue weighted by atomic mass is 19.1. The van der Waals surface area contributed by atoms with E-state index < -0.39 is 23.1 Å². The Kier molecular flexibility index (Phi) is 3.76. The number of aromatic hydroxyl groups is 2. The molecule has 3 aromatic rings. The van der Waals surface area contributed by atoms with Gasteiger partial charge in [0.1, 0.15) is 5.75 Å². The van der Waals surface area contributed by atoms with Crippen LogP contribution < -0.4 is 4.74 Å². The zero-order valence-corrected chi connectivity index (χ0v) is 11.6. The number of phenolic OH excluding ortho intramolecular Hbond substituents is 2. The first kappa shape index (κ1) is 14.7. The first-order chi connectivity index (χ1) is 11.0. The lowest BCUT2D eigenvalue weighted by molar-refractivity contribution is 0.412. The van der Waals surface area contributed by atoms with Crippen LogP contribution in [0.25, 0.3) is 11.3 Å². The van der Waals surface area contributed by atoms with Gasteiger partial charge in [-0.25, -0.2) is 13.8 Å². The number of ether oxygens (including phenoxy) is 1. The van der Waals surface area contributed by atoms with Crippen molar-refractivity contribution >= 4 is 0 Å². The lowest BCUT2D eigenvalue weighted by Gasteiger charge is -2.07. The average molecular weight is 316 g/mol. The largest absolute Gasteiger partial charge is 0.505 e. The summed E-state index contributed by atoms with van der Waals surface area (Å²) in [5, 5.41) is 18.7. The molecule has 0 spiro atoms. The number of benzene rings is 2. The number of aromatic nitrogens is 2. The fourth-order valence-corrected chi connectivity index (χ4v) is 1.92. The minimum atomic E-state index is -0.809. The molecule has 0 atom stereocenters. The third-order valence-electron chi connectivity index (χ3n) is 3.01. The van der Waals surface area contributed by atoms with Gasteiger partial charge in [0.05, 0.1) is 5.69 Å². The molecule has 0 aliphatic heterocycles. The van der Waals surface area contributed by atoms with Gasteiger partial charge in [-0.1, -0.05) is 6.07 Å². The molecule has 0 aliphatic carbocycles. The average Bonchev–Trinajstić information content (AvgIpc) is 2.54. The van der Waals surface area contributed by atoms with Crippen molar-refractivity contribution in [3.63, 3.8) is 0 Å². The maximum atomic E-state index is 13.9. The van der Waals surface area contributed by atoms with Crippen molar-refractivity contribution in [1.29, 1.82) is 0 Å². The summed E-state index contributed by atoms with van der Waals surface area (Å²) in [4.78, 5) is 7.90. The first-order valence-corrected chi connectivity index (χ1v) is 6.52. The third-order valence-corrected chi connectivity index (χ3v) is 3.01. The number of rotatable bonds is 3. The van der Waals surface area contributed by atoms with Gasteiger partial charge in [0.25, 0.3) is 0 Å². The number of nitrogens with zero attached hydrogens (tertiary/aromatic N) is 2. The van der Waals surface area contributed by atoms with Crippen LogP contribution in [0.15, 0.2) is 48.7 Å². The Morgan fingerprint density at radius 2 is 1.78 bits per heavy atom. The van der Waals surface area contributed by atoms with Crippen LogP contribution in [0.4, 0.5) is 8.78 Å². The summed E-state index contributed by atoms with van der Waals surface area (Å²) in [5.74, 6) is -2.53. The third kappa shape index (κ3) is 3.03. The van der Waals surface area contributed by atoms with Crippen molar-refractivity contribution in [1.82, 2.24) is 9.97 Å². The smallest absolute Gasteiger partial charge is 0.322 e. The molecule has 1 heterocycles. The van der Waals surface area contributed by atoms with Gasteiger partial charge in [0.2, 0.25) is 0 Å². The quantitative estimate of drug-likeness (QED) is 0.772. The molecule has 2 N–H and O–H groups in total. The maximum absolute atomic E-state index is 13.9. The molecule has 0 saturated carbocycles. The molecule has 3 rings (SSSR count). The van der Waals surface area contributed by atoms with Gasteiger partial charge < -0.3 is 14.9 Å². The van der Waals surface area contributed by atoms with Gasteiger partial charge in [0, 0.05) is 17.8 Å². The molecule has 5 nitrogen and oxygen atoms in total. The summed E-state index contributed by atoms with van der Waals surface area (Å²) in [5.41, 5.74) is 0.286. The predicted molar refractivity (Wildman–Crippen MR) is 77.2 cm³/mol. The zero-order chi connectivity index (χ0) is 16.4. The Hall–Kier alpha value is -3.22. The number of hydrogen-bond acceptors (Lipinski definition) is 5. The van der Waals surface area contributed by atoms with Crippen LogP contribution in [0.3, 0.4) is 0 Å². The summed E-state index contributed by atoms with van der Waals surface area (Å²) in [6.07, 6.45) is 1.35. The second-order valence-electron chi connectivity index (χ2n) is 4.58. The molecule has 0 unspecified atom stereocenters. The van der Waals surface area contributed by atoms with Gasteiger partial charge >= 0.3 is 6.01 Å². The van der Waals surface area contributed by atoms with E-state index >= 15 is 0 Å². The van der Waals surface area contributed by atoms with Crippen LogP contribution in [-0.4, -0.2) is 20.2 Å². The minimum absolute atomic E-state index is 0.0826. The van der Waals surface area contributed by atoms with Crippen LogP contribution in [0.5, 0.6) is 23.3 Å². The van der Waals surface area contributed by atoms with Crippen LogP contribution >= 0.6 is 0 Å². The monoisotopic (exact) mass is 316 g/mol. The molecule has 23 heavy (non-hydrogen) atoms. The molecule has 0 aliphatic rings. The Morgan fingerprint density at radius 1 is 0.957 bits per heavy atom. The maximum Gasteiger partial charge on any atom is 0.322 e. The van der Waals surface area contributed by atoms with Gasteiger partial charge in [-0.3, -0.25) is 0 Å². The summed E-state index contributed by atoms with van der Waals surface area (Å²) in [6, 6.07) is 8.88. The van der Waals surface area contributed by atoms with Crippen molar-refractivity contribution in [2.75, 3.05) is 0 Å². The first-order valence-electron chi connectivity index (χ1n) is 6.52. The lowest BCUT2D eigenvalue weighted by atomic mass is 10.1. The molecule has 0 bridgehead atoms. The molecule has 0 amide bonds. The van der Waals surface area contributed by atoms with Crippen LogP contribution in [0.2, 0.25) is 0 Å². The van der Waals surface area contributed by atoms with E-state index in [9.17, 15) is 19.0 Å². The van der Waals surface area contributed by atoms with Crippen molar-refractivity contribution in [2.45, 2.75) is 0 Å². The highest BCUT2D eigenvalue weighted by Gasteiger charge is 2.12. The second kappa shape index (κ2) is 5.88. The van der Waals surface area contributed by atoms with Crippen molar-refractivity contribution in [2.24, 2.45) is 0 Å². The molecule has 2 aromatic carbocycles. The Labute approximate surface area is 129 Å². The highest BCUT2D eigenvalue weighted by Crippen LogP contribution is 2.29. The fraction of sp³-hybridized carbons (Fsp3) is 0. The van der Waals surface area contributed by atoms with Crippen LogP contribution in [0.1, 0.15) is 0 Å². The van der Waals surface area contributed by atoms with E-state index in [1.807, 2.05) is 0 Å². The van der Waals surface area contributed by atoms with Gasteiger partial charge in [0.15, 0.2) is 23.1 Å². The predicted octanol–water partition coefficient (Wildman–Crippen LogP) is 3.63. The molecule has 0 radical (unpaired) electrons. The Balaban J connectivity index is 1.93. The second-order valence-corrected chi connectivity index (χ2v) is 4.58. The standard InChI is InChI=1S/C16H10F2N2O3/c17-11-5-4-9(8-14(11)22)23-16-19-7-6-12(20-16)10-2-1-3-13(21)15(10)18/h1-8,21-22H. The summed E-state index contributed by atoms with van der Waals surface area (Å²) in [6.45, 7) is 0. The SMILES string of the molecule is Oc1cc(Oc2nccc(-c3cccc(O)c3F)n2)ccc1F. The Morgan fingerprint density at radius 3 is 2.57 bits per heavy atom. The summed E-state index contributed by atoms with van der Waals surface area (Å²) < 4.78 is 32.2. The zero-order valence-electron chi connectivity index (χ0n) is 11.6. The normalized spacial score (nSPS) is 10.5. The molecule has 116 valence electrons. The van der Waals surface area contributed by atoms with E-state index in [2.05, 4.69) is 9.97 Å². The molecular weight excluding hydrogens is 306 g/mol. The van der Waals surface area contributed by atoms with Crippen molar-refractivity contribution in [3.05, 3.63) is 60.3 Å². The molecule has 0 fully saturated rings. The van der Waals surface area contributed by atoms with Crippen molar-refractivity contribution in [3.8, 4) is 34.5 Å². The molecule has 7 heteroatoms. The van der Waals surface area contributed by atoms with Crippen LogP contribution in [-0.2, 0) is 0 Å².